The Bertz CT molecular complexity index is 359. The van der Waals surface area contributed by atoms with Crippen molar-refractivity contribution in [3.63, 3.8) is 0 Å². The minimum absolute atomic E-state index is 0.216. The Morgan fingerprint density at radius 1 is 1.18 bits per heavy atom. The van der Waals surface area contributed by atoms with Gasteiger partial charge in [-0.2, -0.15) is 0 Å². The summed E-state index contributed by atoms with van der Waals surface area (Å²) in [5.74, 6) is -0.216. The van der Waals surface area contributed by atoms with Gasteiger partial charge in [-0.05, 0) is 40.4 Å². The highest BCUT2D eigenvalue weighted by molar-refractivity contribution is 9.10. The van der Waals surface area contributed by atoms with Gasteiger partial charge in [0.15, 0.2) is 0 Å². The first kappa shape index (κ1) is 13.0. The molecule has 0 bridgehead atoms. The molecule has 0 amide bonds. The number of halogens is 2. The molecule has 1 aliphatic carbocycles. The van der Waals surface area contributed by atoms with Gasteiger partial charge >= 0.3 is 0 Å². The summed E-state index contributed by atoms with van der Waals surface area (Å²) in [6, 6.07) is 5.09. The van der Waals surface area contributed by atoms with Gasteiger partial charge in [0, 0.05) is 0 Å². The zero-order chi connectivity index (χ0) is 12.1. The van der Waals surface area contributed by atoms with Crippen molar-refractivity contribution < 1.29 is 9.13 Å². The number of hydrogen-bond acceptors (Lipinski definition) is 1. The molecule has 0 radical (unpaired) electrons. The second-order valence-electron chi connectivity index (χ2n) is 4.64. The van der Waals surface area contributed by atoms with E-state index >= 15 is 0 Å². The van der Waals surface area contributed by atoms with E-state index < -0.39 is 0 Å². The van der Waals surface area contributed by atoms with Crippen molar-refractivity contribution in [2.45, 2.75) is 51.2 Å². The molecule has 0 saturated heterocycles. The quantitative estimate of drug-likeness (QED) is 0.727. The Kier molecular flexibility index (Phi) is 4.99. The fourth-order valence-corrected chi connectivity index (χ4v) is 2.65. The van der Waals surface area contributed by atoms with E-state index in [9.17, 15) is 4.39 Å². The highest BCUT2D eigenvalue weighted by atomic mass is 79.9. The zero-order valence-corrected chi connectivity index (χ0v) is 11.5. The van der Waals surface area contributed by atoms with E-state index in [-0.39, 0.29) is 5.82 Å². The summed E-state index contributed by atoms with van der Waals surface area (Å²) in [6.45, 7) is 0.503. The van der Waals surface area contributed by atoms with E-state index in [0.717, 1.165) is 18.4 Å². The Hall–Kier alpha value is -0.410. The average molecular weight is 301 g/mol. The summed E-state index contributed by atoms with van der Waals surface area (Å²) < 4.78 is 19.7. The minimum Gasteiger partial charge on any atom is -0.374 e. The van der Waals surface area contributed by atoms with Crippen molar-refractivity contribution in [1.82, 2.24) is 0 Å². The highest BCUT2D eigenvalue weighted by Crippen LogP contribution is 2.24. The van der Waals surface area contributed by atoms with E-state index in [2.05, 4.69) is 15.9 Å². The van der Waals surface area contributed by atoms with Gasteiger partial charge < -0.3 is 4.74 Å². The maximum atomic E-state index is 13.3. The van der Waals surface area contributed by atoms with Crippen LogP contribution in [0.1, 0.15) is 44.1 Å². The third-order valence-corrected chi connectivity index (χ3v) is 4.20. The van der Waals surface area contributed by atoms with Gasteiger partial charge in [-0.3, -0.25) is 0 Å². The van der Waals surface area contributed by atoms with Gasteiger partial charge in [0.2, 0.25) is 0 Å². The van der Waals surface area contributed by atoms with E-state index in [1.807, 2.05) is 6.07 Å². The molecule has 94 valence electrons. The van der Waals surface area contributed by atoms with Crippen molar-refractivity contribution >= 4 is 15.9 Å². The third-order valence-electron chi connectivity index (χ3n) is 3.31. The van der Waals surface area contributed by atoms with Crippen molar-refractivity contribution in [2.24, 2.45) is 0 Å². The maximum absolute atomic E-state index is 13.3. The summed E-state index contributed by atoms with van der Waals surface area (Å²) in [5, 5.41) is 0. The van der Waals surface area contributed by atoms with Gasteiger partial charge in [0.25, 0.3) is 0 Å². The monoisotopic (exact) mass is 300 g/mol. The van der Waals surface area contributed by atoms with E-state index in [0.29, 0.717) is 17.2 Å². The molecular formula is C14H18BrFO. The fraction of sp³-hybridized carbons (Fsp3) is 0.571. The molecule has 1 nitrogen and oxygen atoms in total. The zero-order valence-electron chi connectivity index (χ0n) is 9.92. The minimum atomic E-state index is -0.216. The normalized spacial score (nSPS) is 18.0. The van der Waals surface area contributed by atoms with Crippen LogP contribution in [0, 0.1) is 5.82 Å². The first-order valence-corrected chi connectivity index (χ1v) is 7.11. The molecule has 0 aliphatic heterocycles. The van der Waals surface area contributed by atoms with Gasteiger partial charge in [-0.25, -0.2) is 4.39 Å². The van der Waals surface area contributed by atoms with Crippen molar-refractivity contribution in [1.29, 1.82) is 0 Å². The fourth-order valence-electron chi connectivity index (χ4n) is 2.28. The van der Waals surface area contributed by atoms with Crippen LogP contribution in [0.15, 0.2) is 22.7 Å². The van der Waals surface area contributed by atoms with Crippen LogP contribution < -0.4 is 0 Å². The first-order chi connectivity index (χ1) is 8.27. The van der Waals surface area contributed by atoms with Crippen LogP contribution in [0.25, 0.3) is 0 Å². The Morgan fingerprint density at radius 2 is 1.88 bits per heavy atom. The van der Waals surface area contributed by atoms with E-state index in [1.165, 1.54) is 31.7 Å². The second kappa shape index (κ2) is 6.50. The smallest absolute Gasteiger partial charge is 0.137 e. The van der Waals surface area contributed by atoms with Crippen LogP contribution in [0.4, 0.5) is 4.39 Å². The maximum Gasteiger partial charge on any atom is 0.137 e. The van der Waals surface area contributed by atoms with Crippen molar-refractivity contribution in [3.05, 3.63) is 34.1 Å². The van der Waals surface area contributed by atoms with Gasteiger partial charge in [-0.15, -0.1) is 0 Å². The Morgan fingerprint density at radius 3 is 2.59 bits per heavy atom. The van der Waals surface area contributed by atoms with Gasteiger partial charge in [-0.1, -0.05) is 37.8 Å². The van der Waals surface area contributed by atoms with Crippen LogP contribution in [-0.2, 0) is 11.3 Å². The summed E-state index contributed by atoms with van der Waals surface area (Å²) in [5.41, 5.74) is 0.897. The second-order valence-corrected chi connectivity index (χ2v) is 5.43. The lowest BCUT2D eigenvalue weighted by Gasteiger charge is -2.16. The number of rotatable bonds is 3. The molecule has 2 rings (SSSR count). The Labute approximate surface area is 110 Å². The van der Waals surface area contributed by atoms with Gasteiger partial charge in [0.1, 0.15) is 5.82 Å². The predicted octanol–water partition coefficient (Wildman–Crippen LogP) is 4.83. The SMILES string of the molecule is Fc1cccc(COC2CCCCCC2)c1Br. The molecule has 0 spiro atoms. The largest absolute Gasteiger partial charge is 0.374 e. The lowest BCUT2D eigenvalue weighted by molar-refractivity contribution is 0.0305. The molecule has 0 unspecified atom stereocenters. The van der Waals surface area contributed by atoms with Crippen LogP contribution in [0.2, 0.25) is 0 Å². The van der Waals surface area contributed by atoms with Crippen LogP contribution >= 0.6 is 15.9 Å². The molecule has 1 fully saturated rings. The van der Waals surface area contributed by atoms with Crippen LogP contribution in [0.5, 0.6) is 0 Å². The summed E-state index contributed by atoms with van der Waals surface area (Å²) >= 11 is 3.27. The highest BCUT2D eigenvalue weighted by Gasteiger charge is 2.13. The third kappa shape index (κ3) is 3.78. The average Bonchev–Trinajstić information content (AvgIpc) is 2.59. The Balaban J connectivity index is 1.90. The summed E-state index contributed by atoms with van der Waals surface area (Å²) in [6.07, 6.45) is 7.81. The molecule has 1 aromatic rings. The van der Waals surface area contributed by atoms with Crippen LogP contribution in [0.3, 0.4) is 0 Å². The summed E-state index contributed by atoms with van der Waals surface area (Å²) in [4.78, 5) is 0. The molecule has 1 aliphatic rings. The number of ether oxygens (including phenoxy) is 1. The standard InChI is InChI=1S/C14H18BrFO/c15-14-11(6-5-9-13(14)16)10-17-12-7-3-1-2-4-8-12/h5-6,9,12H,1-4,7-8,10H2. The molecule has 0 N–H and O–H groups in total. The molecule has 1 aromatic carbocycles. The van der Waals surface area contributed by atoms with E-state index in [1.54, 1.807) is 6.07 Å². The van der Waals surface area contributed by atoms with Crippen molar-refractivity contribution in [3.8, 4) is 0 Å². The lowest BCUT2D eigenvalue weighted by atomic mass is 10.1. The number of hydrogen-bond donors (Lipinski definition) is 0. The van der Waals surface area contributed by atoms with Gasteiger partial charge in [0.05, 0.1) is 17.2 Å². The molecular weight excluding hydrogens is 283 g/mol. The molecule has 0 heterocycles. The van der Waals surface area contributed by atoms with E-state index in [4.69, 9.17) is 4.74 Å². The summed E-state index contributed by atoms with van der Waals surface area (Å²) in [7, 11) is 0. The molecule has 0 atom stereocenters. The molecule has 17 heavy (non-hydrogen) atoms. The molecule has 0 aromatic heterocycles. The number of benzene rings is 1. The van der Waals surface area contributed by atoms with Crippen LogP contribution in [-0.4, -0.2) is 6.10 Å². The predicted molar refractivity (Wildman–Crippen MR) is 70.4 cm³/mol. The first-order valence-electron chi connectivity index (χ1n) is 6.32. The topological polar surface area (TPSA) is 9.23 Å². The lowest BCUT2D eigenvalue weighted by Crippen LogP contribution is -2.11. The molecule has 3 heteroatoms. The van der Waals surface area contributed by atoms with Crippen molar-refractivity contribution in [2.75, 3.05) is 0 Å². The molecule has 1 saturated carbocycles.